The van der Waals surface area contributed by atoms with Gasteiger partial charge in [0.2, 0.25) is 0 Å². The summed E-state index contributed by atoms with van der Waals surface area (Å²) in [6.45, 7) is 3.15. The van der Waals surface area contributed by atoms with Crippen molar-refractivity contribution >= 4 is 22.7 Å². The molecule has 0 fully saturated rings. The molecule has 15 heavy (non-hydrogen) atoms. The molecule has 2 aromatic heterocycles. The summed E-state index contributed by atoms with van der Waals surface area (Å²) >= 11 is 3.36. The first-order valence-electron chi connectivity index (χ1n) is 4.80. The van der Waals surface area contributed by atoms with Gasteiger partial charge in [-0.3, -0.25) is 4.98 Å². The fourth-order valence-electron chi connectivity index (χ4n) is 1.36. The summed E-state index contributed by atoms with van der Waals surface area (Å²) in [6, 6.07) is 0. The van der Waals surface area contributed by atoms with Crippen LogP contribution in [0.5, 0.6) is 0 Å². The highest BCUT2D eigenvalue weighted by atomic mass is 32.1. The van der Waals surface area contributed by atoms with Gasteiger partial charge in [-0.05, 0) is 7.05 Å². The van der Waals surface area contributed by atoms with Crippen molar-refractivity contribution in [2.75, 3.05) is 13.6 Å². The smallest absolute Gasteiger partial charge is 0.0973 e. The molecule has 2 aromatic rings. The van der Waals surface area contributed by atoms with Gasteiger partial charge in [0.25, 0.3) is 0 Å². The summed E-state index contributed by atoms with van der Waals surface area (Å²) in [4.78, 5) is 9.83. The van der Waals surface area contributed by atoms with E-state index in [9.17, 15) is 0 Å². The third kappa shape index (κ3) is 2.42. The fourth-order valence-corrected chi connectivity index (χ4v) is 2.90. The molecule has 0 spiro atoms. The average Bonchev–Trinajstić information content (AvgIpc) is 2.89. The number of hydrogen-bond acceptors (Lipinski definition) is 5. The summed E-state index contributed by atoms with van der Waals surface area (Å²) in [5.41, 5.74) is 2.89. The lowest BCUT2D eigenvalue weighted by Crippen LogP contribution is -2.14. The second-order valence-corrected chi connectivity index (χ2v) is 5.17. The van der Waals surface area contributed by atoms with Crippen LogP contribution in [0.1, 0.15) is 17.8 Å². The standard InChI is InChI=1S/C10H13N3S2/c1-7(3-11-2)10-13-8(5-14-10)9-4-12-6-15-9/h4-7,11H,3H2,1-2H3. The Labute approximate surface area is 97.2 Å². The first-order valence-corrected chi connectivity index (χ1v) is 6.56. The van der Waals surface area contributed by atoms with E-state index in [1.807, 2.05) is 18.8 Å². The maximum absolute atomic E-state index is 4.62. The van der Waals surface area contributed by atoms with Gasteiger partial charge in [0, 0.05) is 24.0 Å². The number of nitrogens with zero attached hydrogens (tertiary/aromatic N) is 2. The number of rotatable bonds is 4. The Morgan fingerprint density at radius 3 is 3.00 bits per heavy atom. The number of nitrogens with one attached hydrogen (secondary N) is 1. The van der Waals surface area contributed by atoms with E-state index < -0.39 is 0 Å². The van der Waals surface area contributed by atoms with Gasteiger partial charge in [-0.1, -0.05) is 6.92 Å². The third-order valence-corrected chi connectivity index (χ3v) is 4.01. The van der Waals surface area contributed by atoms with Crippen LogP contribution in [0.3, 0.4) is 0 Å². The molecule has 5 heteroatoms. The Kier molecular flexibility index (Phi) is 3.45. The molecule has 0 aliphatic heterocycles. The van der Waals surface area contributed by atoms with Crippen molar-refractivity contribution in [3.05, 3.63) is 22.1 Å². The van der Waals surface area contributed by atoms with Crippen molar-refractivity contribution in [3.8, 4) is 10.6 Å². The number of hydrogen-bond donors (Lipinski definition) is 1. The molecule has 0 saturated carbocycles. The zero-order valence-corrected chi connectivity index (χ0v) is 10.4. The molecule has 3 nitrogen and oxygen atoms in total. The second-order valence-electron chi connectivity index (χ2n) is 3.40. The quantitative estimate of drug-likeness (QED) is 0.891. The van der Waals surface area contributed by atoms with Gasteiger partial charge in [-0.15, -0.1) is 22.7 Å². The Balaban J connectivity index is 2.17. The number of likely N-dealkylation sites (N-methyl/N-ethyl adjacent to an activating group) is 1. The summed E-state index contributed by atoms with van der Waals surface area (Å²) in [6.07, 6.45) is 1.87. The highest BCUT2D eigenvalue weighted by molar-refractivity contribution is 7.14. The molecule has 80 valence electrons. The van der Waals surface area contributed by atoms with E-state index in [4.69, 9.17) is 0 Å². The Bertz CT molecular complexity index is 408. The average molecular weight is 239 g/mol. The normalized spacial score (nSPS) is 12.9. The van der Waals surface area contributed by atoms with Crippen LogP contribution in [0.15, 0.2) is 17.1 Å². The molecule has 0 aliphatic rings. The van der Waals surface area contributed by atoms with E-state index >= 15 is 0 Å². The van der Waals surface area contributed by atoms with E-state index in [1.54, 1.807) is 22.7 Å². The van der Waals surface area contributed by atoms with Crippen LogP contribution in [0.4, 0.5) is 0 Å². The number of aromatic nitrogens is 2. The first-order chi connectivity index (χ1) is 7.31. The topological polar surface area (TPSA) is 37.8 Å². The molecule has 0 aromatic carbocycles. The highest BCUT2D eigenvalue weighted by Gasteiger charge is 2.11. The van der Waals surface area contributed by atoms with Crippen LogP contribution in [-0.2, 0) is 0 Å². The zero-order chi connectivity index (χ0) is 10.7. The van der Waals surface area contributed by atoms with Gasteiger partial charge >= 0.3 is 0 Å². The van der Waals surface area contributed by atoms with E-state index in [0.29, 0.717) is 5.92 Å². The lowest BCUT2D eigenvalue weighted by Gasteiger charge is -2.05. The van der Waals surface area contributed by atoms with Gasteiger partial charge < -0.3 is 5.32 Å². The predicted octanol–water partition coefficient (Wildman–Crippen LogP) is 2.59. The summed E-state index contributed by atoms with van der Waals surface area (Å²) < 4.78 is 0. The van der Waals surface area contributed by atoms with Crippen molar-refractivity contribution in [1.29, 1.82) is 0 Å². The van der Waals surface area contributed by atoms with Crippen LogP contribution in [0, 0.1) is 0 Å². The van der Waals surface area contributed by atoms with E-state index in [-0.39, 0.29) is 0 Å². The van der Waals surface area contributed by atoms with Crippen molar-refractivity contribution < 1.29 is 0 Å². The minimum atomic E-state index is 0.474. The SMILES string of the molecule is CNCC(C)c1nc(-c2cncs2)cs1. The molecule has 1 unspecified atom stereocenters. The molecule has 0 amide bonds. The van der Waals surface area contributed by atoms with Crippen LogP contribution in [-0.4, -0.2) is 23.6 Å². The molecular formula is C10H13N3S2. The van der Waals surface area contributed by atoms with E-state index in [1.165, 1.54) is 5.01 Å². The molecule has 0 saturated heterocycles. The van der Waals surface area contributed by atoms with Gasteiger partial charge in [0.15, 0.2) is 0 Å². The van der Waals surface area contributed by atoms with Crippen LogP contribution >= 0.6 is 22.7 Å². The lowest BCUT2D eigenvalue weighted by molar-refractivity contribution is 0.674. The molecule has 1 N–H and O–H groups in total. The van der Waals surface area contributed by atoms with Crippen molar-refractivity contribution in [1.82, 2.24) is 15.3 Å². The second kappa shape index (κ2) is 4.83. The van der Waals surface area contributed by atoms with Crippen molar-refractivity contribution in [2.24, 2.45) is 0 Å². The summed E-state index contributed by atoms with van der Waals surface area (Å²) in [5, 5.41) is 6.46. The van der Waals surface area contributed by atoms with Crippen molar-refractivity contribution in [3.63, 3.8) is 0 Å². The minimum Gasteiger partial charge on any atom is -0.319 e. The number of thiazole rings is 2. The fraction of sp³-hybridized carbons (Fsp3) is 0.400. The molecular weight excluding hydrogens is 226 g/mol. The molecule has 2 heterocycles. The Hall–Kier alpha value is -0.780. The van der Waals surface area contributed by atoms with Crippen LogP contribution in [0.2, 0.25) is 0 Å². The van der Waals surface area contributed by atoms with Gasteiger partial charge in [0.1, 0.15) is 0 Å². The molecule has 0 aliphatic carbocycles. The largest absolute Gasteiger partial charge is 0.319 e. The maximum atomic E-state index is 4.62. The Morgan fingerprint density at radius 1 is 1.47 bits per heavy atom. The molecule has 0 bridgehead atoms. The van der Waals surface area contributed by atoms with Gasteiger partial charge in [-0.2, -0.15) is 0 Å². The third-order valence-electron chi connectivity index (χ3n) is 2.14. The van der Waals surface area contributed by atoms with Gasteiger partial charge in [0.05, 0.1) is 21.1 Å². The van der Waals surface area contributed by atoms with Crippen LogP contribution < -0.4 is 5.32 Å². The summed E-state index contributed by atoms with van der Waals surface area (Å²) in [7, 11) is 1.97. The molecule has 1 atom stereocenters. The van der Waals surface area contributed by atoms with Crippen molar-refractivity contribution in [2.45, 2.75) is 12.8 Å². The maximum Gasteiger partial charge on any atom is 0.0973 e. The predicted molar refractivity (Wildman–Crippen MR) is 65.6 cm³/mol. The zero-order valence-electron chi connectivity index (χ0n) is 8.73. The minimum absolute atomic E-state index is 0.474. The molecule has 2 rings (SSSR count). The highest BCUT2D eigenvalue weighted by Crippen LogP contribution is 2.27. The van der Waals surface area contributed by atoms with E-state index in [0.717, 1.165) is 17.1 Å². The monoisotopic (exact) mass is 239 g/mol. The van der Waals surface area contributed by atoms with Crippen LogP contribution in [0.25, 0.3) is 10.6 Å². The summed E-state index contributed by atoms with van der Waals surface area (Å²) in [5.74, 6) is 0.474. The van der Waals surface area contributed by atoms with E-state index in [2.05, 4.69) is 27.6 Å². The molecule has 0 radical (unpaired) electrons. The lowest BCUT2D eigenvalue weighted by atomic mass is 10.2. The van der Waals surface area contributed by atoms with Gasteiger partial charge in [-0.25, -0.2) is 4.98 Å². The first kappa shape index (κ1) is 10.7. The Morgan fingerprint density at radius 2 is 2.33 bits per heavy atom.